The molecule has 1 fully saturated rings. The maximum atomic E-state index is 9.79. The number of hydrogen-bond donors (Lipinski definition) is 0. The van der Waals surface area contributed by atoms with Gasteiger partial charge in [-0.3, -0.25) is 4.25 Å². The van der Waals surface area contributed by atoms with Crippen molar-refractivity contribution in [2.24, 2.45) is 5.92 Å². The summed E-state index contributed by atoms with van der Waals surface area (Å²) < 4.78 is 2.75. The molecule has 7 heteroatoms. The second-order valence-electron chi connectivity index (χ2n) is 6.76. The van der Waals surface area contributed by atoms with E-state index in [2.05, 4.69) is 54.2 Å². The highest BCUT2D eigenvalue weighted by Crippen LogP contribution is 2.48. The summed E-state index contributed by atoms with van der Waals surface area (Å²) in [5.41, 5.74) is 1.35. The van der Waals surface area contributed by atoms with Gasteiger partial charge in [-0.25, -0.2) is 24.9 Å². The largest absolute Gasteiger partial charge is 0.319 e. The predicted molar refractivity (Wildman–Crippen MR) is 113 cm³/mol. The lowest BCUT2D eigenvalue weighted by atomic mass is 9.91. The predicted octanol–water partition coefficient (Wildman–Crippen LogP) is 5.23. The van der Waals surface area contributed by atoms with Crippen molar-refractivity contribution >= 4 is 8.88 Å². The van der Waals surface area contributed by atoms with Crippen LogP contribution >= 0.6 is 8.88 Å². The number of nitriles is 2. The highest BCUT2D eigenvalue weighted by molar-refractivity contribution is 7.28. The lowest BCUT2D eigenvalue weighted by molar-refractivity contribution is -0.760. The average molecular weight is 397 g/mol. The molecule has 1 rings (SSSR count). The molecular weight excluding hydrogens is 367 g/mol. The van der Waals surface area contributed by atoms with Gasteiger partial charge in [-0.2, -0.15) is 0 Å². The van der Waals surface area contributed by atoms with Crippen molar-refractivity contribution in [3.05, 3.63) is 45.5 Å². The van der Waals surface area contributed by atoms with Gasteiger partial charge in [0.05, 0.1) is 38.4 Å². The molecule has 1 aliphatic rings. The van der Waals surface area contributed by atoms with Crippen molar-refractivity contribution in [3.8, 4) is 12.1 Å². The summed E-state index contributed by atoms with van der Waals surface area (Å²) in [7, 11) is 0.340. The number of rotatable bonds is 9. The SMILES string of the molecule is [C-]#[N+]/C(C#N)=C(\C(=C(/C#N)[N+]#[C-])[N+](CC)(CC)PN(CC)CC)C1CCCC1. The van der Waals surface area contributed by atoms with Gasteiger partial charge in [-0.05, 0) is 32.6 Å². The van der Waals surface area contributed by atoms with E-state index < -0.39 is 0 Å². The van der Waals surface area contributed by atoms with Crippen molar-refractivity contribution < 1.29 is 4.25 Å². The third-order valence-electron chi connectivity index (χ3n) is 5.54. The summed E-state index contributed by atoms with van der Waals surface area (Å²) >= 11 is 0. The topological polar surface area (TPSA) is 59.5 Å². The molecule has 0 amide bonds. The molecule has 148 valence electrons. The van der Waals surface area contributed by atoms with Gasteiger partial charge >= 0.3 is 5.70 Å². The van der Waals surface area contributed by atoms with Gasteiger partial charge in [0.2, 0.25) is 0 Å². The van der Waals surface area contributed by atoms with Crippen LogP contribution in [0.25, 0.3) is 9.69 Å². The molecule has 1 unspecified atom stereocenters. The Morgan fingerprint density at radius 1 is 1.00 bits per heavy atom. The zero-order chi connectivity index (χ0) is 21.2. The average Bonchev–Trinajstić information content (AvgIpc) is 3.27. The lowest BCUT2D eigenvalue weighted by Crippen LogP contribution is -2.44. The molecule has 0 aromatic carbocycles. The normalized spacial score (nSPS) is 16.9. The molecule has 0 aromatic rings. The smallest absolute Gasteiger partial charge is 0.276 e. The molecule has 28 heavy (non-hydrogen) atoms. The monoisotopic (exact) mass is 397 g/mol. The second-order valence-corrected chi connectivity index (χ2v) is 8.45. The summed E-state index contributed by atoms with van der Waals surface area (Å²) in [5, 5.41) is 19.5. The summed E-state index contributed by atoms with van der Waals surface area (Å²) in [6, 6.07) is 4.16. The van der Waals surface area contributed by atoms with Crippen LogP contribution in [0.5, 0.6) is 0 Å². The number of hydrogen-bond acceptors (Lipinski definition) is 3. The first-order chi connectivity index (χ1) is 13.5. The van der Waals surface area contributed by atoms with Gasteiger partial charge in [0, 0.05) is 18.7 Å². The maximum Gasteiger partial charge on any atom is 0.319 e. The fourth-order valence-corrected chi connectivity index (χ4v) is 5.35. The Kier molecular flexibility index (Phi) is 9.87. The van der Waals surface area contributed by atoms with Crippen LogP contribution in [-0.4, -0.2) is 35.1 Å². The van der Waals surface area contributed by atoms with E-state index in [1.165, 1.54) is 0 Å². The fourth-order valence-electron chi connectivity index (χ4n) is 3.92. The van der Waals surface area contributed by atoms with Crippen LogP contribution in [0.4, 0.5) is 0 Å². The Hall–Kier alpha value is -2.21. The molecule has 0 bridgehead atoms. The molecule has 0 spiro atoms. The fraction of sp³-hybridized carbons (Fsp3) is 0.619. The van der Waals surface area contributed by atoms with Crippen molar-refractivity contribution in [1.29, 1.82) is 10.5 Å². The molecule has 0 radical (unpaired) electrons. The van der Waals surface area contributed by atoms with Gasteiger partial charge in [0.1, 0.15) is 5.70 Å². The van der Waals surface area contributed by atoms with E-state index in [1.54, 1.807) is 0 Å². The van der Waals surface area contributed by atoms with Gasteiger partial charge in [0.15, 0.2) is 8.88 Å². The van der Waals surface area contributed by atoms with E-state index in [1.807, 2.05) is 0 Å². The highest BCUT2D eigenvalue weighted by Gasteiger charge is 2.41. The molecular formula is C21H30N6P+. The second kappa shape index (κ2) is 11.6. The van der Waals surface area contributed by atoms with E-state index in [0.29, 0.717) is 37.5 Å². The van der Waals surface area contributed by atoms with E-state index in [4.69, 9.17) is 13.1 Å². The van der Waals surface area contributed by atoms with E-state index >= 15 is 0 Å². The molecule has 6 nitrogen and oxygen atoms in total. The zero-order valence-electron chi connectivity index (χ0n) is 17.4. The number of likely N-dealkylation sites (N-methyl/N-ethyl adjacent to an activating group) is 1. The minimum absolute atomic E-state index is 0.0293. The van der Waals surface area contributed by atoms with Gasteiger partial charge in [-0.1, -0.05) is 26.7 Å². The van der Waals surface area contributed by atoms with Gasteiger partial charge < -0.3 is 0 Å². The van der Waals surface area contributed by atoms with Crippen LogP contribution in [0, 0.1) is 41.7 Å². The number of nitrogens with zero attached hydrogens (tertiary/aromatic N) is 6. The first-order valence-corrected chi connectivity index (χ1v) is 10.9. The zero-order valence-corrected chi connectivity index (χ0v) is 18.4. The van der Waals surface area contributed by atoms with Crippen LogP contribution in [0.15, 0.2) is 22.7 Å². The van der Waals surface area contributed by atoms with Crippen molar-refractivity contribution in [1.82, 2.24) is 4.67 Å². The van der Waals surface area contributed by atoms with E-state index in [9.17, 15) is 10.5 Å². The quantitative estimate of drug-likeness (QED) is 0.231. The van der Waals surface area contributed by atoms with Crippen LogP contribution in [0.2, 0.25) is 0 Å². The highest BCUT2D eigenvalue weighted by atomic mass is 31.1. The Labute approximate surface area is 171 Å². The molecule has 0 saturated heterocycles. The lowest BCUT2D eigenvalue weighted by Gasteiger charge is -2.42. The van der Waals surface area contributed by atoms with Crippen molar-refractivity contribution in [3.63, 3.8) is 0 Å². The van der Waals surface area contributed by atoms with Crippen LogP contribution in [0.3, 0.4) is 0 Å². The minimum Gasteiger partial charge on any atom is -0.276 e. The van der Waals surface area contributed by atoms with E-state index in [-0.39, 0.29) is 17.3 Å². The van der Waals surface area contributed by atoms with Crippen LogP contribution < -0.4 is 0 Å². The molecule has 1 saturated carbocycles. The van der Waals surface area contributed by atoms with Crippen LogP contribution in [-0.2, 0) is 0 Å². The molecule has 0 aliphatic heterocycles. The maximum absolute atomic E-state index is 9.79. The molecule has 1 aliphatic carbocycles. The Bertz CT molecular complexity index is 738. The van der Waals surface area contributed by atoms with Gasteiger partial charge in [0.25, 0.3) is 5.70 Å². The molecule has 0 heterocycles. The third-order valence-corrected chi connectivity index (χ3v) is 7.69. The number of quaternary nitrogens is 1. The van der Waals surface area contributed by atoms with Crippen LogP contribution in [0.1, 0.15) is 53.4 Å². The first-order valence-electron chi connectivity index (χ1n) is 9.96. The molecule has 1 atom stereocenters. The minimum atomic E-state index is 0.0293. The molecule has 0 N–H and O–H groups in total. The summed E-state index contributed by atoms with van der Waals surface area (Å²) in [6.45, 7) is 26.7. The van der Waals surface area contributed by atoms with Crippen molar-refractivity contribution in [2.75, 3.05) is 26.2 Å². The Balaban J connectivity index is 3.89. The van der Waals surface area contributed by atoms with Crippen molar-refractivity contribution in [2.45, 2.75) is 53.4 Å². The Morgan fingerprint density at radius 2 is 1.50 bits per heavy atom. The third kappa shape index (κ3) is 4.98. The Morgan fingerprint density at radius 3 is 1.86 bits per heavy atom. The molecule has 0 aromatic heterocycles. The number of allylic oxidation sites excluding steroid dienone is 3. The standard InChI is InChI=1S/C21H30N6P/c1-7-26(8-2)28-27(9-3,10-4)21(19(16-23)25-6)20(18(15-22)24-5)17-13-11-12-14-17/h17,28H,7-14H2,1-4H3/q+1/b20-18-,21-19-. The first kappa shape index (κ1) is 23.8. The van der Waals surface area contributed by atoms with E-state index in [0.717, 1.165) is 38.8 Å². The summed E-state index contributed by atoms with van der Waals surface area (Å²) in [5.74, 6) is 0.0703. The summed E-state index contributed by atoms with van der Waals surface area (Å²) in [4.78, 5) is 7.09. The summed E-state index contributed by atoms with van der Waals surface area (Å²) in [6.07, 6.45) is 3.90. The van der Waals surface area contributed by atoms with Gasteiger partial charge in [-0.15, -0.1) is 0 Å².